The Morgan fingerprint density at radius 1 is 0.422 bits per heavy atom. The van der Waals surface area contributed by atoms with E-state index in [0.29, 0.717) is 0 Å². The van der Waals surface area contributed by atoms with E-state index in [2.05, 4.69) is 157 Å². The fourth-order valence-electron chi connectivity index (χ4n) is 6.80. The van der Waals surface area contributed by atoms with Crippen molar-refractivity contribution in [1.82, 2.24) is 4.98 Å². The Hall–Kier alpha value is -5.53. The van der Waals surface area contributed by atoms with Gasteiger partial charge >= 0.3 is 0 Å². The van der Waals surface area contributed by atoms with E-state index in [0.717, 1.165) is 18.4 Å². The Balaban J connectivity index is 1.34. The molecule has 1 heterocycles. The van der Waals surface area contributed by atoms with Crippen LogP contribution >= 0.6 is 0 Å². The molecule has 1 aliphatic carbocycles. The lowest BCUT2D eigenvalue weighted by Crippen LogP contribution is -1.91. The number of hydrogen-bond donors (Lipinski definition) is 0. The molecule has 1 nitrogen and oxygen atoms in total. The molecule has 7 aromatic rings. The fourth-order valence-corrected chi connectivity index (χ4v) is 6.80. The number of hydrogen-bond acceptors (Lipinski definition) is 1. The predicted molar refractivity (Wildman–Crippen MR) is 193 cm³/mol. The monoisotopic (exact) mass is 575 g/mol. The lowest BCUT2D eigenvalue weighted by Gasteiger charge is -2.16. The molecular weight excluding hydrogens is 542 g/mol. The van der Waals surface area contributed by atoms with Gasteiger partial charge in [0.15, 0.2) is 0 Å². The van der Waals surface area contributed by atoms with Crippen LogP contribution in [0.1, 0.15) is 24.8 Å². The van der Waals surface area contributed by atoms with Gasteiger partial charge in [-0.25, -0.2) is 0 Å². The van der Waals surface area contributed by atoms with Gasteiger partial charge in [-0.2, -0.15) is 0 Å². The van der Waals surface area contributed by atoms with E-state index in [1.165, 1.54) is 77.7 Å². The second-order valence-corrected chi connectivity index (χ2v) is 11.8. The van der Waals surface area contributed by atoms with Gasteiger partial charge in [0.2, 0.25) is 0 Å². The highest BCUT2D eigenvalue weighted by molar-refractivity contribution is 6.25. The molecule has 0 amide bonds. The fraction of sp³-hybridized carbons (Fsp3) is 0.0682. The summed E-state index contributed by atoms with van der Waals surface area (Å²) in [4.78, 5) is 4.28. The first kappa shape index (κ1) is 27.0. The molecule has 0 fully saturated rings. The van der Waals surface area contributed by atoms with Crippen molar-refractivity contribution in [3.8, 4) is 33.4 Å². The molecular formula is C44H33N. The lowest BCUT2D eigenvalue weighted by atomic mass is 9.88. The zero-order chi connectivity index (χ0) is 30.0. The summed E-state index contributed by atoms with van der Waals surface area (Å²) in [5, 5.41) is 7.77. The van der Waals surface area contributed by atoms with Crippen LogP contribution in [0.15, 0.2) is 164 Å². The Kier molecular flexibility index (Phi) is 7.13. The first-order chi connectivity index (χ1) is 22.3. The normalized spacial score (nSPS) is 13.5. The third kappa shape index (κ3) is 5.17. The summed E-state index contributed by atoms with van der Waals surface area (Å²) in [6.45, 7) is 0. The number of fused-ring (bicyclic) bond motifs is 6. The van der Waals surface area contributed by atoms with Gasteiger partial charge < -0.3 is 0 Å². The molecule has 1 aromatic heterocycles. The largest absolute Gasteiger partial charge is 0.265 e. The molecule has 0 spiro atoms. The molecule has 0 atom stereocenters. The number of pyridine rings is 1. The Morgan fingerprint density at radius 2 is 1.00 bits per heavy atom. The van der Waals surface area contributed by atoms with E-state index in [1.807, 2.05) is 12.4 Å². The van der Waals surface area contributed by atoms with Gasteiger partial charge in [-0.15, -0.1) is 0 Å². The molecule has 6 aromatic carbocycles. The number of rotatable bonds is 4. The molecule has 1 aliphatic rings. The van der Waals surface area contributed by atoms with Crippen molar-refractivity contribution in [2.75, 3.05) is 0 Å². The summed E-state index contributed by atoms with van der Waals surface area (Å²) in [5.41, 5.74) is 9.68. The van der Waals surface area contributed by atoms with Crippen molar-refractivity contribution >= 4 is 37.9 Å². The zero-order valence-electron chi connectivity index (χ0n) is 25.2. The van der Waals surface area contributed by atoms with Crippen LogP contribution in [0.5, 0.6) is 0 Å². The van der Waals surface area contributed by atoms with Gasteiger partial charge in [-0.05, 0) is 132 Å². The van der Waals surface area contributed by atoms with E-state index in [-0.39, 0.29) is 0 Å². The smallest absolute Gasteiger partial charge is 0.0273 e. The van der Waals surface area contributed by atoms with Gasteiger partial charge in [-0.3, -0.25) is 4.98 Å². The third-order valence-electron chi connectivity index (χ3n) is 9.02. The van der Waals surface area contributed by atoms with Crippen LogP contribution in [-0.4, -0.2) is 4.98 Å². The summed E-state index contributed by atoms with van der Waals surface area (Å²) in [6.07, 6.45) is 18.5. The van der Waals surface area contributed by atoms with Crippen molar-refractivity contribution in [2.24, 2.45) is 0 Å². The molecule has 0 saturated heterocycles. The molecule has 0 unspecified atom stereocenters. The van der Waals surface area contributed by atoms with Crippen LogP contribution in [0.25, 0.3) is 71.3 Å². The van der Waals surface area contributed by atoms with Crippen LogP contribution in [0.3, 0.4) is 0 Å². The molecule has 0 saturated carbocycles. The molecule has 0 radical (unpaired) electrons. The van der Waals surface area contributed by atoms with E-state index in [9.17, 15) is 0 Å². The molecule has 0 N–H and O–H groups in total. The summed E-state index contributed by atoms with van der Waals surface area (Å²) >= 11 is 0. The van der Waals surface area contributed by atoms with Crippen LogP contribution < -0.4 is 0 Å². The highest BCUT2D eigenvalue weighted by Crippen LogP contribution is 2.40. The maximum absolute atomic E-state index is 4.28. The van der Waals surface area contributed by atoms with E-state index in [1.54, 1.807) is 0 Å². The molecule has 214 valence electrons. The second kappa shape index (κ2) is 11.9. The molecule has 1 heteroatoms. The Bertz CT molecular complexity index is 2250. The number of allylic oxidation sites excluding steroid dienone is 6. The summed E-state index contributed by atoms with van der Waals surface area (Å²) < 4.78 is 0. The highest BCUT2D eigenvalue weighted by Gasteiger charge is 2.14. The van der Waals surface area contributed by atoms with Crippen LogP contribution in [-0.2, 0) is 0 Å². The van der Waals surface area contributed by atoms with Crippen molar-refractivity contribution < 1.29 is 0 Å². The van der Waals surface area contributed by atoms with Crippen molar-refractivity contribution in [3.05, 3.63) is 170 Å². The van der Waals surface area contributed by atoms with Gasteiger partial charge in [0.1, 0.15) is 0 Å². The number of nitrogens with zero attached hydrogens (tertiary/aromatic N) is 1. The molecule has 0 bridgehead atoms. The first-order valence-corrected chi connectivity index (χ1v) is 15.9. The summed E-state index contributed by atoms with van der Waals surface area (Å²) in [7, 11) is 0. The van der Waals surface area contributed by atoms with Gasteiger partial charge in [0, 0.05) is 12.4 Å². The minimum absolute atomic E-state index is 1.09. The van der Waals surface area contributed by atoms with E-state index in [4.69, 9.17) is 0 Å². The lowest BCUT2D eigenvalue weighted by molar-refractivity contribution is 0.869. The average molecular weight is 576 g/mol. The Morgan fingerprint density at radius 3 is 1.73 bits per heavy atom. The molecule has 0 aliphatic heterocycles. The second-order valence-electron chi connectivity index (χ2n) is 11.8. The first-order valence-electron chi connectivity index (χ1n) is 15.9. The van der Waals surface area contributed by atoms with Crippen molar-refractivity contribution in [2.45, 2.75) is 19.3 Å². The van der Waals surface area contributed by atoms with Crippen LogP contribution in [0.2, 0.25) is 0 Å². The van der Waals surface area contributed by atoms with Crippen molar-refractivity contribution in [3.63, 3.8) is 0 Å². The van der Waals surface area contributed by atoms with Crippen LogP contribution in [0, 0.1) is 0 Å². The van der Waals surface area contributed by atoms with Gasteiger partial charge in [-0.1, -0.05) is 115 Å². The molecule has 8 rings (SSSR count). The SMILES string of the molecule is C1=CCCCC=CC(c2cc(-c3ccncc3)cc(-c3ccccc3-c3ccc4c5ccccc5c5ccccc5c4c3)c2)=C1. The van der Waals surface area contributed by atoms with Gasteiger partial charge in [0.05, 0.1) is 0 Å². The minimum Gasteiger partial charge on any atom is -0.265 e. The predicted octanol–water partition coefficient (Wildman–Crippen LogP) is 12.2. The van der Waals surface area contributed by atoms with Crippen molar-refractivity contribution in [1.29, 1.82) is 0 Å². The van der Waals surface area contributed by atoms with E-state index < -0.39 is 0 Å². The highest BCUT2D eigenvalue weighted by atomic mass is 14.6. The quantitative estimate of drug-likeness (QED) is 0.190. The summed E-state index contributed by atoms with van der Waals surface area (Å²) in [5.74, 6) is 0. The summed E-state index contributed by atoms with van der Waals surface area (Å²) in [6, 6.07) is 44.6. The Labute approximate surface area is 264 Å². The standard InChI is InChI=1S/C44H33N/c1-2-4-6-14-31(13-5-3-1)34-27-35(32-23-25-45-26-24-32)29-36(28-34)38-16-8-7-15-37(38)33-21-22-43-41-19-10-9-17-39(41)40-18-11-12-20-42(40)44(43)30-33/h3,5-30H,1-2,4H2. The van der Waals surface area contributed by atoms with Gasteiger partial charge in [0.25, 0.3) is 0 Å². The maximum Gasteiger partial charge on any atom is 0.0273 e. The van der Waals surface area contributed by atoms with E-state index >= 15 is 0 Å². The molecule has 45 heavy (non-hydrogen) atoms. The average Bonchev–Trinajstić information content (AvgIpc) is 3.26. The minimum atomic E-state index is 1.09. The third-order valence-corrected chi connectivity index (χ3v) is 9.02. The number of benzene rings is 6. The topological polar surface area (TPSA) is 12.9 Å². The number of aromatic nitrogens is 1. The van der Waals surface area contributed by atoms with Crippen LogP contribution in [0.4, 0.5) is 0 Å². The zero-order valence-corrected chi connectivity index (χ0v) is 25.2. The maximum atomic E-state index is 4.28.